The summed E-state index contributed by atoms with van der Waals surface area (Å²) < 4.78 is 7.76. The number of thiazole rings is 1. The quantitative estimate of drug-likeness (QED) is 0.403. The van der Waals surface area contributed by atoms with Crippen LogP contribution >= 0.6 is 11.3 Å². The molecular weight excluding hydrogens is 354 g/mol. The van der Waals surface area contributed by atoms with E-state index in [1.54, 1.807) is 23.8 Å². The van der Waals surface area contributed by atoms with Crippen LogP contribution in [0.4, 0.5) is 5.69 Å². The highest BCUT2D eigenvalue weighted by Crippen LogP contribution is 2.23. The van der Waals surface area contributed by atoms with Crippen LogP contribution in [0.5, 0.6) is 5.75 Å². The van der Waals surface area contributed by atoms with E-state index in [-0.39, 0.29) is 17.8 Å². The van der Waals surface area contributed by atoms with Gasteiger partial charge >= 0.3 is 0 Å². The Morgan fingerprint density at radius 2 is 2.15 bits per heavy atom. The molecule has 0 fully saturated rings. The minimum atomic E-state index is -0.693. The van der Waals surface area contributed by atoms with Crippen molar-refractivity contribution < 1.29 is 14.5 Å². The second kappa shape index (κ2) is 7.21. The number of nitro groups is 1. The van der Waals surface area contributed by atoms with Gasteiger partial charge < -0.3 is 9.30 Å². The number of carbonyl (C=O) groups excluding carboxylic acids is 1. The normalized spacial score (nSPS) is 11.3. The second-order valence-electron chi connectivity index (χ2n) is 5.20. The van der Waals surface area contributed by atoms with E-state index >= 15 is 0 Å². The van der Waals surface area contributed by atoms with Crippen LogP contribution in [-0.2, 0) is 6.54 Å². The molecule has 1 heterocycles. The van der Waals surface area contributed by atoms with E-state index in [1.165, 1.54) is 29.5 Å². The SMILES string of the molecule is C#CCn1c(=NC(=O)c2ccccc2[N+](=O)[O-])sc2cc(OC)ccc21. The Labute approximate surface area is 152 Å². The molecule has 1 aromatic heterocycles. The van der Waals surface area contributed by atoms with Gasteiger partial charge in [0, 0.05) is 6.07 Å². The summed E-state index contributed by atoms with van der Waals surface area (Å²) >= 11 is 1.26. The van der Waals surface area contributed by atoms with Gasteiger partial charge in [-0.05, 0) is 24.3 Å². The van der Waals surface area contributed by atoms with Gasteiger partial charge in [0.2, 0.25) is 0 Å². The summed E-state index contributed by atoms with van der Waals surface area (Å²) in [5.41, 5.74) is 0.454. The molecule has 0 bridgehead atoms. The van der Waals surface area contributed by atoms with Gasteiger partial charge in [-0.1, -0.05) is 29.4 Å². The number of terminal acetylenes is 1. The molecule has 130 valence electrons. The minimum Gasteiger partial charge on any atom is -0.497 e. The van der Waals surface area contributed by atoms with Crippen molar-refractivity contribution in [2.24, 2.45) is 4.99 Å². The van der Waals surface area contributed by atoms with Crippen molar-refractivity contribution >= 4 is 33.1 Å². The lowest BCUT2D eigenvalue weighted by Crippen LogP contribution is -2.16. The Morgan fingerprint density at radius 3 is 2.85 bits per heavy atom. The molecule has 0 saturated heterocycles. The number of amides is 1. The fourth-order valence-corrected chi connectivity index (χ4v) is 3.53. The number of carbonyl (C=O) groups is 1. The molecule has 1 amide bonds. The fraction of sp³-hybridized carbons (Fsp3) is 0.111. The molecule has 0 saturated carbocycles. The first-order valence-corrected chi connectivity index (χ1v) is 8.30. The second-order valence-corrected chi connectivity index (χ2v) is 6.21. The number of hydrogen-bond acceptors (Lipinski definition) is 5. The van der Waals surface area contributed by atoms with E-state index < -0.39 is 10.8 Å². The highest BCUT2D eigenvalue weighted by atomic mass is 32.1. The molecular formula is C18H13N3O4S. The molecule has 3 aromatic rings. The molecule has 0 N–H and O–H groups in total. The summed E-state index contributed by atoms with van der Waals surface area (Å²) in [6, 6.07) is 11.1. The average molecular weight is 367 g/mol. The molecule has 0 spiro atoms. The fourth-order valence-electron chi connectivity index (χ4n) is 2.47. The molecule has 3 rings (SSSR count). The van der Waals surface area contributed by atoms with E-state index in [2.05, 4.69) is 10.9 Å². The van der Waals surface area contributed by atoms with Crippen LogP contribution in [-0.4, -0.2) is 22.5 Å². The predicted octanol–water partition coefficient (Wildman–Crippen LogP) is 2.99. The third kappa shape index (κ3) is 3.20. The van der Waals surface area contributed by atoms with Crippen LogP contribution in [0.15, 0.2) is 47.5 Å². The van der Waals surface area contributed by atoms with E-state index in [0.717, 1.165) is 10.2 Å². The van der Waals surface area contributed by atoms with Crippen LogP contribution in [0.25, 0.3) is 10.2 Å². The van der Waals surface area contributed by atoms with Crippen molar-refractivity contribution in [2.75, 3.05) is 7.11 Å². The zero-order valence-electron chi connectivity index (χ0n) is 13.7. The minimum absolute atomic E-state index is 0.0696. The number of fused-ring (bicyclic) bond motifs is 1. The van der Waals surface area contributed by atoms with Gasteiger partial charge in [0.15, 0.2) is 4.80 Å². The smallest absolute Gasteiger partial charge is 0.286 e. The summed E-state index contributed by atoms with van der Waals surface area (Å²) in [4.78, 5) is 27.5. The first kappa shape index (κ1) is 17.4. The Kier molecular flexibility index (Phi) is 4.82. The Hall–Kier alpha value is -3.44. The topological polar surface area (TPSA) is 86.7 Å². The Balaban J connectivity index is 2.18. The Morgan fingerprint density at radius 1 is 1.38 bits per heavy atom. The van der Waals surface area contributed by atoms with Gasteiger partial charge in [-0.3, -0.25) is 14.9 Å². The maximum absolute atomic E-state index is 12.5. The van der Waals surface area contributed by atoms with Gasteiger partial charge in [0.1, 0.15) is 11.3 Å². The summed E-state index contributed by atoms with van der Waals surface area (Å²) in [5, 5.41) is 11.1. The van der Waals surface area contributed by atoms with Crippen LogP contribution in [0.3, 0.4) is 0 Å². The number of para-hydroxylation sites is 1. The summed E-state index contributed by atoms with van der Waals surface area (Å²) in [7, 11) is 1.56. The van der Waals surface area contributed by atoms with Crippen molar-refractivity contribution in [1.82, 2.24) is 4.57 Å². The van der Waals surface area contributed by atoms with E-state index in [9.17, 15) is 14.9 Å². The van der Waals surface area contributed by atoms with Gasteiger partial charge in [0.05, 0.1) is 28.8 Å². The number of ether oxygens (including phenoxy) is 1. The first-order chi connectivity index (χ1) is 12.5. The van der Waals surface area contributed by atoms with Crippen molar-refractivity contribution in [3.8, 4) is 18.1 Å². The van der Waals surface area contributed by atoms with E-state index in [4.69, 9.17) is 11.2 Å². The molecule has 0 aliphatic carbocycles. The number of rotatable bonds is 4. The van der Waals surface area contributed by atoms with E-state index in [1.807, 2.05) is 12.1 Å². The third-order valence-electron chi connectivity index (χ3n) is 3.67. The monoisotopic (exact) mass is 367 g/mol. The molecule has 0 unspecified atom stereocenters. The van der Waals surface area contributed by atoms with Crippen molar-refractivity contribution in [2.45, 2.75) is 6.54 Å². The lowest BCUT2D eigenvalue weighted by molar-refractivity contribution is -0.385. The lowest BCUT2D eigenvalue weighted by atomic mass is 10.2. The number of benzene rings is 2. The van der Waals surface area contributed by atoms with Crippen LogP contribution in [0, 0.1) is 22.5 Å². The van der Waals surface area contributed by atoms with Crippen LogP contribution in [0.1, 0.15) is 10.4 Å². The van der Waals surface area contributed by atoms with Crippen LogP contribution < -0.4 is 9.54 Å². The molecule has 26 heavy (non-hydrogen) atoms. The number of nitro benzene ring substituents is 1. The lowest BCUT2D eigenvalue weighted by Gasteiger charge is -2.02. The largest absolute Gasteiger partial charge is 0.497 e. The standard InChI is InChI=1S/C18H13N3O4S/c1-3-10-20-15-9-8-12(25-2)11-16(15)26-18(20)19-17(22)13-6-4-5-7-14(13)21(23)24/h1,4-9,11H,10H2,2H3. The zero-order chi connectivity index (χ0) is 18.7. The van der Waals surface area contributed by atoms with Crippen LogP contribution in [0.2, 0.25) is 0 Å². The molecule has 0 radical (unpaired) electrons. The van der Waals surface area contributed by atoms with Crippen molar-refractivity contribution in [3.05, 3.63) is 62.9 Å². The molecule has 7 nitrogen and oxygen atoms in total. The summed E-state index contributed by atoms with van der Waals surface area (Å²) in [5.74, 6) is 2.51. The van der Waals surface area contributed by atoms with Gasteiger partial charge in [-0.15, -0.1) is 6.42 Å². The first-order valence-electron chi connectivity index (χ1n) is 7.48. The molecule has 0 aliphatic rings. The predicted molar refractivity (Wildman–Crippen MR) is 98.2 cm³/mol. The molecule has 8 heteroatoms. The van der Waals surface area contributed by atoms with Gasteiger partial charge in [-0.2, -0.15) is 4.99 Å². The molecule has 2 aromatic carbocycles. The summed E-state index contributed by atoms with van der Waals surface area (Å²) in [6.45, 7) is 0.218. The van der Waals surface area contributed by atoms with Gasteiger partial charge in [-0.25, -0.2) is 0 Å². The molecule has 0 atom stereocenters. The average Bonchev–Trinajstić information content (AvgIpc) is 2.98. The summed E-state index contributed by atoms with van der Waals surface area (Å²) in [6.07, 6.45) is 5.43. The van der Waals surface area contributed by atoms with E-state index in [0.29, 0.717) is 10.6 Å². The maximum Gasteiger partial charge on any atom is 0.286 e. The molecule has 0 aliphatic heterocycles. The number of methoxy groups -OCH3 is 1. The number of aromatic nitrogens is 1. The third-order valence-corrected chi connectivity index (χ3v) is 4.71. The number of hydrogen-bond donors (Lipinski definition) is 0. The van der Waals surface area contributed by atoms with Gasteiger partial charge in [0.25, 0.3) is 11.6 Å². The Bertz CT molecular complexity index is 1120. The number of nitrogens with zero attached hydrogens (tertiary/aromatic N) is 3. The highest BCUT2D eigenvalue weighted by molar-refractivity contribution is 7.16. The highest BCUT2D eigenvalue weighted by Gasteiger charge is 2.19. The maximum atomic E-state index is 12.5. The zero-order valence-corrected chi connectivity index (χ0v) is 14.5. The van der Waals surface area contributed by atoms with Crippen molar-refractivity contribution in [3.63, 3.8) is 0 Å². The van der Waals surface area contributed by atoms with Crippen molar-refractivity contribution in [1.29, 1.82) is 0 Å².